The van der Waals surface area contributed by atoms with E-state index in [0.717, 1.165) is 12.0 Å². The molecule has 0 saturated carbocycles. The molecule has 2 aliphatic rings. The van der Waals surface area contributed by atoms with Gasteiger partial charge in [0.15, 0.2) is 5.60 Å². The fourth-order valence-electron chi connectivity index (χ4n) is 3.85. The number of carbonyl (C=O) groups excluding carboxylic acids is 4. The Bertz CT molecular complexity index is 1020. The first-order valence-corrected chi connectivity index (χ1v) is 10.7. The van der Waals surface area contributed by atoms with Crippen LogP contribution in [0.2, 0.25) is 0 Å². The number of urea groups is 1. The first-order valence-electron chi connectivity index (χ1n) is 10.7. The average molecular weight is 460 g/mol. The largest absolute Gasteiger partial charge is 0.434 e. The maximum Gasteiger partial charge on any atom is 0.405 e. The highest BCUT2D eigenvalue weighted by atomic mass is 16.6. The van der Waals surface area contributed by atoms with E-state index in [1.807, 2.05) is 6.08 Å². The number of allylic oxidation sites excluding steroid dienone is 2. The molecule has 4 amide bonds. The molecule has 1 aliphatic heterocycles. The van der Waals surface area contributed by atoms with E-state index in [0.29, 0.717) is 19.3 Å². The summed E-state index contributed by atoms with van der Waals surface area (Å²) < 4.78 is 6.29. The van der Waals surface area contributed by atoms with Crippen LogP contribution in [0.3, 0.4) is 0 Å². The van der Waals surface area contributed by atoms with Gasteiger partial charge in [0.05, 0.1) is 0 Å². The molecule has 0 radical (unpaired) electrons. The van der Waals surface area contributed by atoms with Crippen molar-refractivity contribution in [3.8, 4) is 0 Å². The van der Waals surface area contributed by atoms with Gasteiger partial charge in [-0.25, -0.2) is 14.4 Å². The number of piperazine rings is 1. The van der Waals surface area contributed by atoms with Gasteiger partial charge in [0.1, 0.15) is 12.1 Å². The molecule has 12 nitrogen and oxygen atoms in total. The van der Waals surface area contributed by atoms with Crippen molar-refractivity contribution >= 4 is 35.8 Å². The summed E-state index contributed by atoms with van der Waals surface area (Å²) in [6, 6.07) is 1.10. The van der Waals surface area contributed by atoms with E-state index in [4.69, 9.17) is 10.5 Å². The Labute approximate surface area is 190 Å². The zero-order chi connectivity index (χ0) is 24.2. The Morgan fingerprint density at radius 1 is 1.21 bits per heavy atom. The van der Waals surface area contributed by atoms with E-state index < -0.39 is 29.3 Å². The van der Waals surface area contributed by atoms with Gasteiger partial charge in [-0.3, -0.25) is 14.7 Å². The lowest BCUT2D eigenvalue weighted by Gasteiger charge is -2.37. The van der Waals surface area contributed by atoms with Crippen LogP contribution in [0.25, 0.3) is 5.70 Å². The number of rotatable bonds is 5. The van der Waals surface area contributed by atoms with Crippen LogP contribution < -0.4 is 16.7 Å². The fraction of sp³-hybridized carbons (Fsp3) is 0.524. The highest BCUT2D eigenvalue weighted by Crippen LogP contribution is 2.24. The van der Waals surface area contributed by atoms with Gasteiger partial charge in [0.25, 0.3) is 5.91 Å². The number of ether oxygens (including phenoxy) is 1. The van der Waals surface area contributed by atoms with Crippen LogP contribution in [0.4, 0.5) is 15.4 Å². The van der Waals surface area contributed by atoms with Crippen molar-refractivity contribution in [1.29, 1.82) is 0 Å². The number of anilines is 1. The highest BCUT2D eigenvalue weighted by molar-refractivity contribution is 5.89. The van der Waals surface area contributed by atoms with Crippen LogP contribution in [0.5, 0.6) is 0 Å². The minimum absolute atomic E-state index is 0.0199. The molecule has 33 heavy (non-hydrogen) atoms. The molecule has 3 rings (SSSR count). The van der Waals surface area contributed by atoms with Gasteiger partial charge in [-0.15, -0.1) is 0 Å². The molecule has 178 valence electrons. The topological polar surface area (TPSA) is 157 Å². The quantitative estimate of drug-likeness (QED) is 0.610. The van der Waals surface area contributed by atoms with E-state index >= 15 is 0 Å². The molecule has 0 bridgehead atoms. The molecule has 1 aliphatic carbocycles. The number of hydrogen-bond donors (Lipinski definition) is 2. The van der Waals surface area contributed by atoms with Gasteiger partial charge in [0.2, 0.25) is 0 Å². The minimum Gasteiger partial charge on any atom is -0.434 e. The second-order valence-corrected chi connectivity index (χ2v) is 8.47. The first kappa shape index (κ1) is 24.0. The normalized spacial score (nSPS) is 18.8. The summed E-state index contributed by atoms with van der Waals surface area (Å²) in [5.41, 5.74) is 3.89. The Hall–Kier alpha value is -3.70. The number of hydrogen-bond acceptors (Lipinski definition) is 7. The van der Waals surface area contributed by atoms with Crippen LogP contribution in [0.15, 0.2) is 23.1 Å². The lowest BCUT2D eigenvalue weighted by molar-refractivity contribution is -0.149. The molecular formula is C21H28N6O6. The predicted molar refractivity (Wildman–Crippen MR) is 118 cm³/mol. The van der Waals surface area contributed by atoms with Gasteiger partial charge >= 0.3 is 17.8 Å². The molecular weight excluding hydrogens is 432 g/mol. The van der Waals surface area contributed by atoms with Crippen molar-refractivity contribution in [1.82, 2.24) is 19.4 Å². The van der Waals surface area contributed by atoms with Gasteiger partial charge < -0.3 is 25.1 Å². The summed E-state index contributed by atoms with van der Waals surface area (Å²) >= 11 is 0. The Morgan fingerprint density at radius 2 is 1.88 bits per heavy atom. The van der Waals surface area contributed by atoms with Crippen molar-refractivity contribution < 1.29 is 23.9 Å². The van der Waals surface area contributed by atoms with Crippen molar-refractivity contribution in [2.75, 3.05) is 31.5 Å². The molecule has 1 atom stereocenters. The molecule has 1 unspecified atom stereocenters. The lowest BCUT2D eigenvalue weighted by Crippen LogP contribution is -2.56. The van der Waals surface area contributed by atoms with Crippen LogP contribution in [0, 0.1) is 5.92 Å². The number of amides is 4. The van der Waals surface area contributed by atoms with E-state index in [1.54, 1.807) is 6.20 Å². The number of carbonyl (C=O) groups is 4. The maximum atomic E-state index is 12.6. The van der Waals surface area contributed by atoms with Crippen molar-refractivity contribution in [3.63, 3.8) is 0 Å². The van der Waals surface area contributed by atoms with E-state index in [9.17, 15) is 24.0 Å². The van der Waals surface area contributed by atoms with Gasteiger partial charge in [-0.1, -0.05) is 6.08 Å². The smallest absolute Gasteiger partial charge is 0.405 e. The van der Waals surface area contributed by atoms with Gasteiger partial charge in [-0.2, -0.15) is 4.98 Å². The fourth-order valence-corrected chi connectivity index (χ4v) is 3.85. The molecule has 1 aromatic heterocycles. The number of primary amides is 1. The third kappa shape index (κ3) is 5.76. The number of nitrogens with one attached hydrogen (secondary N) is 1. The average Bonchev–Trinajstić information content (AvgIpc) is 2.78. The van der Waals surface area contributed by atoms with E-state index in [2.05, 4.69) is 10.3 Å². The van der Waals surface area contributed by atoms with Crippen LogP contribution >= 0.6 is 0 Å². The van der Waals surface area contributed by atoms with Crippen molar-refractivity contribution in [2.45, 2.75) is 38.7 Å². The van der Waals surface area contributed by atoms with Crippen LogP contribution in [-0.4, -0.2) is 75.4 Å². The molecule has 0 aromatic carbocycles. The maximum absolute atomic E-state index is 12.6. The molecule has 0 spiro atoms. The third-order valence-electron chi connectivity index (χ3n) is 5.69. The van der Waals surface area contributed by atoms with Crippen LogP contribution in [-0.2, 0) is 14.3 Å². The standard InChI is InChI=1S/C21H28N6O6/c1-21(2,33-18(22)30)17(29)25-9-11-26(12-10-25)19(31)23-16-7-8-27(20(32)24-16)15-5-3-14(13-28)4-6-15/h5,7-8,13-14H,3-4,6,9-12H2,1-2H3,(H2,22,30)(H,23,24,31,32). The summed E-state index contributed by atoms with van der Waals surface area (Å²) in [5.74, 6) is -0.297. The summed E-state index contributed by atoms with van der Waals surface area (Å²) in [5, 5.41) is 2.61. The number of aromatic nitrogens is 2. The molecule has 1 fully saturated rings. The number of aldehydes is 1. The second-order valence-electron chi connectivity index (χ2n) is 8.47. The second kappa shape index (κ2) is 9.84. The summed E-state index contributed by atoms with van der Waals surface area (Å²) in [4.78, 5) is 66.4. The highest BCUT2D eigenvalue weighted by Gasteiger charge is 2.37. The third-order valence-corrected chi connectivity index (χ3v) is 5.69. The number of nitrogens with zero attached hydrogens (tertiary/aromatic N) is 4. The summed E-state index contributed by atoms with van der Waals surface area (Å²) in [7, 11) is 0. The predicted octanol–water partition coefficient (Wildman–Crippen LogP) is 0.633. The number of nitrogens with two attached hydrogens (primary N) is 1. The van der Waals surface area contributed by atoms with Gasteiger partial charge in [-0.05, 0) is 39.2 Å². The lowest BCUT2D eigenvalue weighted by atomic mass is 9.94. The zero-order valence-electron chi connectivity index (χ0n) is 18.7. The molecule has 1 saturated heterocycles. The molecule has 3 N–H and O–H groups in total. The molecule has 12 heteroatoms. The van der Waals surface area contributed by atoms with E-state index in [1.165, 1.54) is 34.3 Å². The summed E-state index contributed by atoms with van der Waals surface area (Å²) in [6.07, 6.45) is 5.17. The summed E-state index contributed by atoms with van der Waals surface area (Å²) in [6.45, 7) is 3.93. The zero-order valence-corrected chi connectivity index (χ0v) is 18.7. The van der Waals surface area contributed by atoms with E-state index in [-0.39, 0.29) is 37.9 Å². The first-order chi connectivity index (χ1) is 15.6. The monoisotopic (exact) mass is 460 g/mol. The van der Waals surface area contributed by atoms with Crippen molar-refractivity contribution in [2.24, 2.45) is 11.7 Å². The molecule has 2 heterocycles. The Balaban J connectivity index is 1.56. The Morgan fingerprint density at radius 3 is 2.42 bits per heavy atom. The minimum atomic E-state index is -1.40. The Kier molecular flexibility index (Phi) is 7.14. The molecule has 1 aromatic rings. The SMILES string of the molecule is CC(C)(OC(N)=O)C(=O)N1CCN(C(=O)Nc2ccn(C3=CCC(C=O)CC3)c(=O)n2)CC1. The van der Waals surface area contributed by atoms with Crippen LogP contribution in [0.1, 0.15) is 33.1 Å². The van der Waals surface area contributed by atoms with Crippen molar-refractivity contribution in [3.05, 3.63) is 28.8 Å². The van der Waals surface area contributed by atoms with Gasteiger partial charge in [0, 0.05) is 44.0 Å².